The number of anilines is 1. The maximum absolute atomic E-state index is 14.5. The number of carboxylic acid groups (broad SMARTS) is 1. The van der Waals surface area contributed by atoms with Crippen molar-refractivity contribution in [1.82, 2.24) is 9.78 Å². The molecule has 0 amide bonds. The number of benzene rings is 2. The second kappa shape index (κ2) is 6.84. The molecule has 140 valence electrons. The number of nitrogens with zero attached hydrogens (tertiary/aromatic N) is 2. The molecule has 0 spiro atoms. The fourth-order valence-electron chi connectivity index (χ4n) is 2.61. The molecule has 0 atom stereocenters. The number of sulfonamides is 1. The Morgan fingerprint density at radius 2 is 1.78 bits per heavy atom. The topological polar surface area (TPSA) is 101 Å². The van der Waals surface area contributed by atoms with Crippen LogP contribution in [0.2, 0.25) is 0 Å². The molecule has 0 aliphatic heterocycles. The van der Waals surface area contributed by atoms with Crippen LogP contribution in [0.25, 0.3) is 5.69 Å². The molecule has 1 heterocycles. The fourth-order valence-corrected chi connectivity index (χ4v) is 3.66. The molecular formula is C18H16FN3O4S. The molecule has 7 nitrogen and oxygen atoms in total. The predicted molar refractivity (Wildman–Crippen MR) is 97.2 cm³/mol. The van der Waals surface area contributed by atoms with E-state index in [9.17, 15) is 17.6 Å². The molecular weight excluding hydrogens is 373 g/mol. The van der Waals surface area contributed by atoms with Gasteiger partial charge in [-0.3, -0.25) is 4.72 Å². The smallest absolute Gasteiger partial charge is 0.335 e. The van der Waals surface area contributed by atoms with E-state index in [1.165, 1.54) is 41.1 Å². The number of aryl methyl sites for hydroxylation is 2. The zero-order chi connectivity index (χ0) is 19.8. The SMILES string of the molecule is Cc1cc(C)n(-c2ccc(NS(=O)(=O)c3ccc(C(=O)O)cc3)cc2F)n1. The number of hydrogen-bond acceptors (Lipinski definition) is 4. The van der Waals surface area contributed by atoms with Crippen molar-refractivity contribution in [2.24, 2.45) is 0 Å². The van der Waals surface area contributed by atoms with Crippen molar-refractivity contribution in [1.29, 1.82) is 0 Å². The van der Waals surface area contributed by atoms with Crippen LogP contribution in [0, 0.1) is 19.7 Å². The Hall–Kier alpha value is -3.20. The average Bonchev–Trinajstić information content (AvgIpc) is 2.93. The summed E-state index contributed by atoms with van der Waals surface area (Å²) in [6.45, 7) is 3.58. The van der Waals surface area contributed by atoms with Gasteiger partial charge in [0.25, 0.3) is 10.0 Å². The molecule has 0 fully saturated rings. The Labute approximate surface area is 155 Å². The number of carboxylic acids is 1. The lowest BCUT2D eigenvalue weighted by molar-refractivity contribution is 0.0696. The number of nitrogens with one attached hydrogen (secondary N) is 1. The third kappa shape index (κ3) is 3.82. The van der Waals surface area contributed by atoms with Crippen molar-refractivity contribution in [3.8, 4) is 5.69 Å². The van der Waals surface area contributed by atoms with Gasteiger partial charge in [0, 0.05) is 11.8 Å². The maximum Gasteiger partial charge on any atom is 0.335 e. The highest BCUT2D eigenvalue weighted by Gasteiger charge is 2.17. The fraction of sp³-hybridized carbons (Fsp3) is 0.111. The monoisotopic (exact) mass is 389 g/mol. The Morgan fingerprint density at radius 1 is 1.11 bits per heavy atom. The van der Waals surface area contributed by atoms with E-state index in [-0.39, 0.29) is 21.8 Å². The minimum absolute atomic E-state index is 0.0331. The van der Waals surface area contributed by atoms with Crippen LogP contribution in [0.15, 0.2) is 53.4 Å². The Bertz CT molecular complexity index is 1120. The third-order valence-corrected chi connectivity index (χ3v) is 5.25. The minimum atomic E-state index is -3.99. The molecule has 0 bridgehead atoms. The number of hydrogen-bond donors (Lipinski definition) is 2. The standard InChI is InChI=1S/C18H16FN3O4S/c1-11-9-12(2)22(20-11)17-8-5-14(10-16(17)19)21-27(25,26)15-6-3-13(4-7-15)18(23)24/h3-10,21H,1-2H3,(H,23,24). The van der Waals surface area contributed by atoms with E-state index in [0.29, 0.717) is 0 Å². The molecule has 0 saturated heterocycles. The van der Waals surface area contributed by atoms with E-state index < -0.39 is 21.8 Å². The summed E-state index contributed by atoms with van der Waals surface area (Å²) in [6, 6.07) is 10.4. The van der Waals surface area contributed by atoms with Crippen molar-refractivity contribution in [3.05, 3.63) is 71.3 Å². The van der Waals surface area contributed by atoms with E-state index in [0.717, 1.165) is 17.5 Å². The molecule has 3 rings (SSSR count). The predicted octanol–water partition coefficient (Wildman–Crippen LogP) is 3.13. The second-order valence-corrected chi connectivity index (χ2v) is 7.62. The van der Waals surface area contributed by atoms with E-state index in [4.69, 9.17) is 5.11 Å². The number of rotatable bonds is 5. The first-order valence-corrected chi connectivity index (χ1v) is 9.35. The molecule has 0 saturated carbocycles. The lowest BCUT2D eigenvalue weighted by Crippen LogP contribution is -2.14. The summed E-state index contributed by atoms with van der Waals surface area (Å²) < 4.78 is 43.0. The summed E-state index contributed by atoms with van der Waals surface area (Å²) in [5.74, 6) is -1.80. The summed E-state index contributed by atoms with van der Waals surface area (Å²) in [5.41, 5.74) is 1.70. The summed E-state index contributed by atoms with van der Waals surface area (Å²) in [4.78, 5) is 10.7. The van der Waals surface area contributed by atoms with Gasteiger partial charge in [-0.25, -0.2) is 22.3 Å². The van der Waals surface area contributed by atoms with Gasteiger partial charge < -0.3 is 5.11 Å². The zero-order valence-electron chi connectivity index (χ0n) is 14.5. The molecule has 27 heavy (non-hydrogen) atoms. The minimum Gasteiger partial charge on any atom is -0.478 e. The molecule has 3 aromatic rings. The van der Waals surface area contributed by atoms with Crippen molar-refractivity contribution < 1.29 is 22.7 Å². The van der Waals surface area contributed by atoms with Crippen LogP contribution in [-0.4, -0.2) is 29.3 Å². The first-order valence-electron chi connectivity index (χ1n) is 7.87. The van der Waals surface area contributed by atoms with E-state index >= 15 is 0 Å². The zero-order valence-corrected chi connectivity index (χ0v) is 15.3. The van der Waals surface area contributed by atoms with Gasteiger partial charge in [-0.15, -0.1) is 0 Å². The summed E-state index contributed by atoms with van der Waals surface area (Å²) in [6.07, 6.45) is 0. The largest absolute Gasteiger partial charge is 0.478 e. The lowest BCUT2D eigenvalue weighted by atomic mass is 10.2. The molecule has 9 heteroatoms. The summed E-state index contributed by atoms with van der Waals surface area (Å²) in [5, 5.41) is 13.1. The van der Waals surface area contributed by atoms with Crippen molar-refractivity contribution in [2.75, 3.05) is 4.72 Å². The Balaban J connectivity index is 1.88. The van der Waals surface area contributed by atoms with Crippen LogP contribution < -0.4 is 4.72 Å². The molecule has 1 aromatic heterocycles. The van der Waals surface area contributed by atoms with Gasteiger partial charge in [-0.05, 0) is 56.3 Å². The molecule has 2 aromatic carbocycles. The van der Waals surface area contributed by atoms with Crippen LogP contribution in [-0.2, 0) is 10.0 Å². The number of carbonyl (C=O) groups is 1. The first kappa shape index (κ1) is 18.6. The van der Waals surface area contributed by atoms with Gasteiger partial charge >= 0.3 is 5.97 Å². The molecule has 0 aliphatic carbocycles. The van der Waals surface area contributed by atoms with Gasteiger partial charge in [-0.1, -0.05) is 0 Å². The van der Waals surface area contributed by atoms with Gasteiger partial charge in [0.1, 0.15) is 5.69 Å². The highest BCUT2D eigenvalue weighted by molar-refractivity contribution is 7.92. The van der Waals surface area contributed by atoms with Gasteiger partial charge in [0.2, 0.25) is 0 Å². The van der Waals surface area contributed by atoms with Crippen LogP contribution in [0.5, 0.6) is 0 Å². The van der Waals surface area contributed by atoms with Crippen molar-refractivity contribution in [3.63, 3.8) is 0 Å². The Kier molecular flexibility index (Phi) is 4.71. The molecule has 2 N–H and O–H groups in total. The van der Waals surface area contributed by atoms with E-state index in [1.54, 1.807) is 19.9 Å². The number of halogens is 1. The first-order chi connectivity index (χ1) is 12.7. The van der Waals surface area contributed by atoms with Crippen LogP contribution >= 0.6 is 0 Å². The second-order valence-electron chi connectivity index (χ2n) is 5.94. The molecule has 0 aliphatic rings. The summed E-state index contributed by atoms with van der Waals surface area (Å²) in [7, 11) is -3.99. The van der Waals surface area contributed by atoms with E-state index in [2.05, 4.69) is 9.82 Å². The van der Waals surface area contributed by atoms with Gasteiger partial charge in [0.05, 0.1) is 21.8 Å². The lowest BCUT2D eigenvalue weighted by Gasteiger charge is -2.11. The highest BCUT2D eigenvalue weighted by Crippen LogP contribution is 2.22. The highest BCUT2D eigenvalue weighted by atomic mass is 32.2. The van der Waals surface area contributed by atoms with Crippen molar-refractivity contribution >= 4 is 21.7 Å². The third-order valence-electron chi connectivity index (χ3n) is 3.85. The molecule has 0 unspecified atom stereocenters. The van der Waals surface area contributed by atoms with Gasteiger partial charge in [0.15, 0.2) is 5.82 Å². The summed E-state index contributed by atoms with van der Waals surface area (Å²) >= 11 is 0. The van der Waals surface area contributed by atoms with Gasteiger partial charge in [-0.2, -0.15) is 5.10 Å². The Morgan fingerprint density at radius 3 is 2.30 bits per heavy atom. The van der Waals surface area contributed by atoms with E-state index in [1.807, 2.05) is 0 Å². The maximum atomic E-state index is 14.5. The van der Waals surface area contributed by atoms with Crippen LogP contribution in [0.4, 0.5) is 10.1 Å². The number of aromatic carboxylic acids is 1. The average molecular weight is 389 g/mol. The van der Waals surface area contributed by atoms with Crippen LogP contribution in [0.3, 0.4) is 0 Å². The normalized spacial score (nSPS) is 11.4. The number of aromatic nitrogens is 2. The quantitative estimate of drug-likeness (QED) is 0.698. The van der Waals surface area contributed by atoms with Crippen LogP contribution in [0.1, 0.15) is 21.7 Å². The molecule has 0 radical (unpaired) electrons. The van der Waals surface area contributed by atoms with Crippen molar-refractivity contribution in [2.45, 2.75) is 18.7 Å².